The second-order valence-electron chi connectivity index (χ2n) is 3.00. The van der Waals surface area contributed by atoms with Crippen LogP contribution in [0.2, 0.25) is 0 Å². The van der Waals surface area contributed by atoms with Gasteiger partial charge in [0.25, 0.3) is 0 Å². The molecule has 3 heteroatoms. The quantitative estimate of drug-likeness (QED) is 0.409. The Bertz CT molecular complexity index is 102. The normalized spacial score (nSPS) is 21.2. The molecule has 0 aromatic carbocycles. The molecule has 0 saturated carbocycles. The molecule has 0 spiro atoms. The van der Waals surface area contributed by atoms with Gasteiger partial charge >= 0.3 is 0 Å². The zero-order chi connectivity index (χ0) is 8.65. The highest BCUT2D eigenvalue weighted by Gasteiger charge is 2.21. The summed E-state index contributed by atoms with van der Waals surface area (Å²) in [6.07, 6.45) is 2.71. The topological polar surface area (TPSA) is 31.0 Å². The lowest BCUT2D eigenvalue weighted by molar-refractivity contribution is 0.0409. The molecule has 0 aromatic heterocycles. The molecular formula is C9H18O3. The zero-order valence-corrected chi connectivity index (χ0v) is 7.75. The van der Waals surface area contributed by atoms with E-state index in [2.05, 4.69) is 6.92 Å². The van der Waals surface area contributed by atoms with Crippen LogP contribution < -0.4 is 0 Å². The van der Waals surface area contributed by atoms with E-state index in [0.717, 1.165) is 26.2 Å². The van der Waals surface area contributed by atoms with Crippen molar-refractivity contribution in [2.24, 2.45) is 0 Å². The van der Waals surface area contributed by atoms with Gasteiger partial charge < -0.3 is 14.2 Å². The summed E-state index contributed by atoms with van der Waals surface area (Å²) in [7, 11) is 0. The second-order valence-corrected chi connectivity index (χ2v) is 3.00. The Kier molecular flexibility index (Phi) is 5.32. The van der Waals surface area contributed by atoms with E-state index in [9.17, 15) is 0 Å². The fourth-order valence-electron chi connectivity index (χ4n) is 0.845. The van der Waals surface area contributed by atoms with Gasteiger partial charge in [0.15, 0.2) is 0 Å². The van der Waals surface area contributed by atoms with Gasteiger partial charge in [0, 0.05) is 6.61 Å². The van der Waals surface area contributed by atoms with Crippen LogP contribution in [0.5, 0.6) is 0 Å². The third kappa shape index (κ3) is 5.52. The summed E-state index contributed by atoms with van der Waals surface area (Å²) < 4.78 is 15.6. The van der Waals surface area contributed by atoms with E-state index in [1.54, 1.807) is 0 Å². The highest BCUT2D eigenvalue weighted by molar-refractivity contribution is 4.66. The summed E-state index contributed by atoms with van der Waals surface area (Å²) in [5.41, 5.74) is 0. The van der Waals surface area contributed by atoms with E-state index < -0.39 is 0 Å². The van der Waals surface area contributed by atoms with E-state index in [-0.39, 0.29) is 0 Å². The van der Waals surface area contributed by atoms with Gasteiger partial charge in [-0.3, -0.25) is 0 Å². The van der Waals surface area contributed by atoms with Gasteiger partial charge in [-0.1, -0.05) is 13.3 Å². The van der Waals surface area contributed by atoms with Crippen molar-refractivity contribution in [1.29, 1.82) is 0 Å². The third-order valence-electron chi connectivity index (χ3n) is 1.72. The van der Waals surface area contributed by atoms with Crippen LogP contribution in [0.3, 0.4) is 0 Å². The van der Waals surface area contributed by atoms with Crippen LogP contribution in [-0.2, 0) is 14.2 Å². The molecule has 72 valence electrons. The molecule has 1 aliphatic heterocycles. The Hall–Kier alpha value is -0.120. The molecule has 0 N–H and O–H groups in total. The van der Waals surface area contributed by atoms with Gasteiger partial charge in [-0.05, 0) is 6.42 Å². The standard InChI is InChI=1S/C9H18O3/c1-2-3-4-10-5-6-11-7-9-8-12-9/h9H,2-8H2,1H3/t9-/m0/s1. The molecule has 3 nitrogen and oxygen atoms in total. The van der Waals surface area contributed by atoms with Crippen molar-refractivity contribution in [2.45, 2.75) is 25.9 Å². The Morgan fingerprint density at radius 2 is 2.00 bits per heavy atom. The van der Waals surface area contributed by atoms with Gasteiger partial charge in [0.05, 0.1) is 26.4 Å². The maximum atomic E-state index is 5.31. The van der Waals surface area contributed by atoms with Crippen LogP contribution in [0.15, 0.2) is 0 Å². The van der Waals surface area contributed by atoms with Crippen molar-refractivity contribution in [3.8, 4) is 0 Å². The van der Waals surface area contributed by atoms with Crippen molar-refractivity contribution >= 4 is 0 Å². The third-order valence-corrected chi connectivity index (χ3v) is 1.72. The van der Waals surface area contributed by atoms with Gasteiger partial charge in [0.1, 0.15) is 6.10 Å². The summed E-state index contributed by atoms with van der Waals surface area (Å²) in [5, 5.41) is 0. The maximum Gasteiger partial charge on any atom is 0.104 e. The summed E-state index contributed by atoms with van der Waals surface area (Å²) in [5.74, 6) is 0. The van der Waals surface area contributed by atoms with E-state index in [4.69, 9.17) is 14.2 Å². The number of rotatable bonds is 8. The van der Waals surface area contributed by atoms with E-state index >= 15 is 0 Å². The molecule has 0 bridgehead atoms. The second kappa shape index (κ2) is 6.40. The first-order chi connectivity index (χ1) is 5.93. The first-order valence-corrected chi connectivity index (χ1v) is 4.70. The summed E-state index contributed by atoms with van der Waals surface area (Å²) in [4.78, 5) is 0. The molecule has 1 rings (SSSR count). The van der Waals surface area contributed by atoms with E-state index in [1.807, 2.05) is 0 Å². The van der Waals surface area contributed by atoms with Gasteiger partial charge in [-0.15, -0.1) is 0 Å². The highest BCUT2D eigenvalue weighted by atomic mass is 16.6. The number of epoxide rings is 1. The minimum atomic E-state index is 0.376. The molecule has 0 unspecified atom stereocenters. The van der Waals surface area contributed by atoms with E-state index in [1.165, 1.54) is 6.42 Å². The molecule has 0 aliphatic carbocycles. The van der Waals surface area contributed by atoms with Crippen molar-refractivity contribution in [2.75, 3.05) is 33.0 Å². The number of hydrogen-bond acceptors (Lipinski definition) is 3. The van der Waals surface area contributed by atoms with Crippen LogP contribution in [0.4, 0.5) is 0 Å². The van der Waals surface area contributed by atoms with Gasteiger partial charge in [-0.2, -0.15) is 0 Å². The average molecular weight is 174 g/mol. The predicted molar refractivity (Wildman–Crippen MR) is 46.3 cm³/mol. The average Bonchev–Trinajstić information content (AvgIpc) is 2.87. The van der Waals surface area contributed by atoms with Gasteiger partial charge in [0.2, 0.25) is 0 Å². The van der Waals surface area contributed by atoms with Crippen LogP contribution >= 0.6 is 0 Å². The smallest absolute Gasteiger partial charge is 0.104 e. The Labute approximate surface area is 74.0 Å². The Balaban J connectivity index is 1.65. The first-order valence-electron chi connectivity index (χ1n) is 4.70. The van der Waals surface area contributed by atoms with Crippen molar-refractivity contribution in [3.05, 3.63) is 0 Å². The summed E-state index contributed by atoms with van der Waals surface area (Å²) in [6.45, 7) is 6.04. The van der Waals surface area contributed by atoms with Crippen LogP contribution in [-0.4, -0.2) is 39.1 Å². The fraction of sp³-hybridized carbons (Fsp3) is 1.00. The van der Waals surface area contributed by atoms with Gasteiger partial charge in [-0.25, -0.2) is 0 Å². The molecule has 12 heavy (non-hydrogen) atoms. The number of hydrogen-bond donors (Lipinski definition) is 0. The summed E-state index contributed by atoms with van der Waals surface area (Å²) >= 11 is 0. The molecule has 1 saturated heterocycles. The predicted octanol–water partition coefficient (Wildman–Crippen LogP) is 1.22. The lowest BCUT2D eigenvalue weighted by Gasteiger charge is -2.03. The Morgan fingerprint density at radius 1 is 1.25 bits per heavy atom. The minimum absolute atomic E-state index is 0.376. The molecule has 0 amide bonds. The van der Waals surface area contributed by atoms with Crippen molar-refractivity contribution in [1.82, 2.24) is 0 Å². The summed E-state index contributed by atoms with van der Waals surface area (Å²) in [6, 6.07) is 0. The van der Waals surface area contributed by atoms with E-state index in [0.29, 0.717) is 19.3 Å². The largest absolute Gasteiger partial charge is 0.379 e. The maximum absolute atomic E-state index is 5.31. The molecular weight excluding hydrogens is 156 g/mol. The zero-order valence-electron chi connectivity index (χ0n) is 7.75. The SMILES string of the molecule is CCCCOCCOC[C@H]1CO1. The van der Waals surface area contributed by atoms with Crippen LogP contribution in [0, 0.1) is 0 Å². The molecule has 1 heterocycles. The number of unbranched alkanes of at least 4 members (excludes halogenated alkanes) is 1. The van der Waals surface area contributed by atoms with Crippen molar-refractivity contribution in [3.63, 3.8) is 0 Å². The minimum Gasteiger partial charge on any atom is -0.379 e. The van der Waals surface area contributed by atoms with Crippen molar-refractivity contribution < 1.29 is 14.2 Å². The number of ether oxygens (including phenoxy) is 3. The lowest BCUT2D eigenvalue weighted by Crippen LogP contribution is -2.08. The lowest BCUT2D eigenvalue weighted by atomic mass is 10.4. The molecule has 0 aromatic rings. The highest BCUT2D eigenvalue weighted by Crippen LogP contribution is 2.07. The first kappa shape index (κ1) is 9.96. The molecule has 0 radical (unpaired) electrons. The molecule has 1 aliphatic rings. The molecule has 1 atom stereocenters. The van der Waals surface area contributed by atoms with Crippen LogP contribution in [0.25, 0.3) is 0 Å². The van der Waals surface area contributed by atoms with Crippen LogP contribution in [0.1, 0.15) is 19.8 Å². The Morgan fingerprint density at radius 3 is 2.67 bits per heavy atom. The monoisotopic (exact) mass is 174 g/mol. The molecule has 1 fully saturated rings. The fourth-order valence-corrected chi connectivity index (χ4v) is 0.845.